The van der Waals surface area contributed by atoms with Crippen molar-refractivity contribution in [3.8, 4) is 0 Å². The quantitative estimate of drug-likeness (QED) is 0.417. The predicted molar refractivity (Wildman–Crippen MR) is 85.2 cm³/mol. The first-order valence-corrected chi connectivity index (χ1v) is 7.53. The van der Waals surface area contributed by atoms with E-state index in [1.807, 2.05) is 13.0 Å². The second kappa shape index (κ2) is 11.1. The molecule has 4 nitrogen and oxygen atoms in total. The number of hydrogen-bond donors (Lipinski definition) is 2. The summed E-state index contributed by atoms with van der Waals surface area (Å²) in [4.78, 5) is 4.16. The van der Waals surface area contributed by atoms with Gasteiger partial charge < -0.3 is 15.4 Å². The zero-order valence-corrected chi connectivity index (χ0v) is 13.0. The van der Waals surface area contributed by atoms with Crippen molar-refractivity contribution < 1.29 is 9.13 Å². The average Bonchev–Trinajstić information content (AvgIpc) is 2.49. The van der Waals surface area contributed by atoms with E-state index in [-0.39, 0.29) is 5.82 Å². The van der Waals surface area contributed by atoms with E-state index < -0.39 is 0 Å². The van der Waals surface area contributed by atoms with Crippen molar-refractivity contribution in [1.82, 2.24) is 10.6 Å². The number of rotatable bonds is 9. The molecule has 0 amide bonds. The molecule has 0 fully saturated rings. The average molecular weight is 295 g/mol. The van der Waals surface area contributed by atoms with Crippen LogP contribution in [0.15, 0.2) is 29.3 Å². The first-order chi connectivity index (χ1) is 10.3. The number of guanidine groups is 1. The maximum atomic E-state index is 13.0. The topological polar surface area (TPSA) is 45.6 Å². The minimum Gasteiger partial charge on any atom is -0.382 e. The van der Waals surface area contributed by atoms with Gasteiger partial charge >= 0.3 is 0 Å². The molecule has 0 aliphatic carbocycles. The third kappa shape index (κ3) is 8.30. The van der Waals surface area contributed by atoms with Crippen LogP contribution in [0, 0.1) is 5.82 Å². The number of aryl methyl sites for hydroxylation is 1. The van der Waals surface area contributed by atoms with Crippen molar-refractivity contribution in [1.29, 1.82) is 0 Å². The van der Waals surface area contributed by atoms with Gasteiger partial charge in [-0.3, -0.25) is 4.99 Å². The van der Waals surface area contributed by atoms with E-state index >= 15 is 0 Å². The monoisotopic (exact) mass is 295 g/mol. The molecule has 0 unspecified atom stereocenters. The third-order valence-corrected chi connectivity index (χ3v) is 3.01. The summed E-state index contributed by atoms with van der Waals surface area (Å²) >= 11 is 0. The van der Waals surface area contributed by atoms with Gasteiger partial charge in [-0.25, -0.2) is 4.39 Å². The first kappa shape index (κ1) is 17.4. The van der Waals surface area contributed by atoms with Crippen molar-refractivity contribution in [2.75, 3.05) is 33.4 Å². The van der Waals surface area contributed by atoms with Crippen LogP contribution >= 0.6 is 0 Å². The van der Waals surface area contributed by atoms with Crippen LogP contribution in [0.3, 0.4) is 0 Å². The van der Waals surface area contributed by atoms with Gasteiger partial charge in [0, 0.05) is 33.4 Å². The lowest BCUT2D eigenvalue weighted by atomic mass is 10.1. The molecule has 1 aromatic rings. The lowest BCUT2D eigenvalue weighted by Crippen LogP contribution is -2.38. The van der Waals surface area contributed by atoms with Crippen LogP contribution in [0.25, 0.3) is 0 Å². The minimum atomic E-state index is -0.174. The Kier molecular flexibility index (Phi) is 9.20. The van der Waals surface area contributed by atoms with E-state index in [9.17, 15) is 4.39 Å². The fourth-order valence-electron chi connectivity index (χ4n) is 1.94. The Bertz CT molecular complexity index is 424. The maximum absolute atomic E-state index is 13.0. The molecule has 1 aromatic carbocycles. The highest BCUT2D eigenvalue weighted by Crippen LogP contribution is 2.05. The molecule has 0 spiro atoms. The summed E-state index contributed by atoms with van der Waals surface area (Å²) in [6.07, 6.45) is 2.74. The molecule has 5 heteroatoms. The SMILES string of the molecule is CCOCCCNC(=NC)NCCCc1cccc(F)c1. The highest BCUT2D eigenvalue weighted by atomic mass is 19.1. The molecule has 0 saturated heterocycles. The Morgan fingerprint density at radius 1 is 1.24 bits per heavy atom. The molecule has 0 radical (unpaired) electrons. The summed E-state index contributed by atoms with van der Waals surface area (Å²) in [5.74, 6) is 0.623. The van der Waals surface area contributed by atoms with Crippen LogP contribution in [-0.2, 0) is 11.2 Å². The molecule has 0 bridgehead atoms. The van der Waals surface area contributed by atoms with Gasteiger partial charge in [-0.2, -0.15) is 0 Å². The summed E-state index contributed by atoms with van der Waals surface area (Å²) in [7, 11) is 1.75. The van der Waals surface area contributed by atoms with E-state index in [4.69, 9.17) is 4.74 Å². The lowest BCUT2D eigenvalue weighted by Gasteiger charge is -2.11. The van der Waals surface area contributed by atoms with Crippen LogP contribution in [0.4, 0.5) is 4.39 Å². The van der Waals surface area contributed by atoms with Gasteiger partial charge in [0.05, 0.1) is 0 Å². The van der Waals surface area contributed by atoms with Gasteiger partial charge in [-0.05, 0) is 43.9 Å². The van der Waals surface area contributed by atoms with Crippen molar-refractivity contribution in [3.63, 3.8) is 0 Å². The Morgan fingerprint density at radius 2 is 2.00 bits per heavy atom. The summed E-state index contributed by atoms with van der Waals surface area (Å²) < 4.78 is 18.3. The normalized spacial score (nSPS) is 11.5. The molecule has 0 aliphatic rings. The van der Waals surface area contributed by atoms with Crippen molar-refractivity contribution in [3.05, 3.63) is 35.6 Å². The molecule has 0 heterocycles. The molecule has 0 saturated carbocycles. The van der Waals surface area contributed by atoms with Gasteiger partial charge in [0.15, 0.2) is 5.96 Å². The van der Waals surface area contributed by atoms with Crippen LogP contribution in [0.5, 0.6) is 0 Å². The number of hydrogen-bond acceptors (Lipinski definition) is 2. The van der Waals surface area contributed by atoms with E-state index in [2.05, 4.69) is 15.6 Å². The standard InChI is InChI=1S/C16H26FN3O/c1-3-21-12-6-11-20-16(18-2)19-10-5-8-14-7-4-9-15(17)13-14/h4,7,9,13H,3,5-6,8,10-12H2,1-2H3,(H2,18,19,20). The minimum absolute atomic E-state index is 0.174. The predicted octanol–water partition coefficient (Wildman–Crippen LogP) is 2.35. The Hall–Kier alpha value is -1.62. The molecule has 118 valence electrons. The van der Waals surface area contributed by atoms with Crippen LogP contribution in [0.1, 0.15) is 25.3 Å². The summed E-state index contributed by atoms with van der Waals surface area (Å²) in [6, 6.07) is 6.75. The summed E-state index contributed by atoms with van der Waals surface area (Å²) in [5, 5.41) is 6.48. The fourth-order valence-corrected chi connectivity index (χ4v) is 1.94. The number of nitrogens with zero attached hydrogens (tertiary/aromatic N) is 1. The van der Waals surface area contributed by atoms with Crippen LogP contribution < -0.4 is 10.6 Å². The van der Waals surface area contributed by atoms with Crippen LogP contribution in [0.2, 0.25) is 0 Å². The van der Waals surface area contributed by atoms with Gasteiger partial charge in [-0.1, -0.05) is 12.1 Å². The molecule has 0 atom stereocenters. The number of benzene rings is 1. The Labute approximate surface area is 126 Å². The highest BCUT2D eigenvalue weighted by molar-refractivity contribution is 5.79. The molecule has 2 N–H and O–H groups in total. The number of halogens is 1. The van der Waals surface area contributed by atoms with Gasteiger partial charge in [0.1, 0.15) is 5.82 Å². The fraction of sp³-hybridized carbons (Fsp3) is 0.562. The smallest absolute Gasteiger partial charge is 0.190 e. The number of aliphatic imine (C=N–C) groups is 1. The zero-order chi connectivity index (χ0) is 15.3. The maximum Gasteiger partial charge on any atom is 0.190 e. The number of ether oxygens (including phenoxy) is 1. The zero-order valence-electron chi connectivity index (χ0n) is 13.0. The van der Waals surface area contributed by atoms with Gasteiger partial charge in [-0.15, -0.1) is 0 Å². The second-order valence-corrected chi connectivity index (χ2v) is 4.71. The Balaban J connectivity index is 2.12. The first-order valence-electron chi connectivity index (χ1n) is 7.53. The van der Waals surface area contributed by atoms with Crippen molar-refractivity contribution >= 4 is 5.96 Å². The lowest BCUT2D eigenvalue weighted by molar-refractivity contribution is 0.145. The van der Waals surface area contributed by atoms with E-state index in [1.165, 1.54) is 6.07 Å². The molecule has 1 rings (SSSR count). The molecule has 21 heavy (non-hydrogen) atoms. The summed E-state index contributed by atoms with van der Waals surface area (Å²) in [5.41, 5.74) is 1.02. The third-order valence-electron chi connectivity index (χ3n) is 3.01. The van der Waals surface area contributed by atoms with Crippen LogP contribution in [-0.4, -0.2) is 39.3 Å². The summed E-state index contributed by atoms with van der Waals surface area (Å²) in [6.45, 7) is 5.16. The van der Waals surface area contributed by atoms with Gasteiger partial charge in [0.25, 0.3) is 0 Å². The van der Waals surface area contributed by atoms with E-state index in [1.54, 1.807) is 19.2 Å². The van der Waals surface area contributed by atoms with Gasteiger partial charge in [0.2, 0.25) is 0 Å². The molecular weight excluding hydrogens is 269 g/mol. The molecule has 0 aliphatic heterocycles. The molecular formula is C16H26FN3O. The van der Waals surface area contributed by atoms with E-state index in [0.717, 1.165) is 57.1 Å². The van der Waals surface area contributed by atoms with Crippen molar-refractivity contribution in [2.24, 2.45) is 4.99 Å². The Morgan fingerprint density at radius 3 is 2.67 bits per heavy atom. The largest absolute Gasteiger partial charge is 0.382 e. The second-order valence-electron chi connectivity index (χ2n) is 4.71. The molecule has 0 aromatic heterocycles. The number of nitrogens with one attached hydrogen (secondary N) is 2. The highest BCUT2D eigenvalue weighted by Gasteiger charge is 1.98. The van der Waals surface area contributed by atoms with E-state index in [0.29, 0.717) is 0 Å². The van der Waals surface area contributed by atoms with Crippen molar-refractivity contribution in [2.45, 2.75) is 26.2 Å².